The molecule has 0 unspecified atom stereocenters. The number of pyridine rings is 1. The highest BCUT2D eigenvalue weighted by Gasteiger charge is 2.11. The molecule has 88 valence electrons. The summed E-state index contributed by atoms with van der Waals surface area (Å²) in [7, 11) is 0. The molecule has 0 aromatic carbocycles. The Morgan fingerprint density at radius 3 is 2.94 bits per heavy atom. The SMILES string of the molecule is OCc1ccncc1OCCN1CCCC1. The first-order chi connectivity index (χ1) is 7.90. The van der Waals surface area contributed by atoms with E-state index in [-0.39, 0.29) is 6.61 Å². The number of hydrogen-bond donors (Lipinski definition) is 1. The predicted octanol–water partition coefficient (Wildman–Crippen LogP) is 1.05. The second-order valence-corrected chi connectivity index (χ2v) is 4.04. The van der Waals surface area contributed by atoms with Crippen molar-refractivity contribution in [3.63, 3.8) is 0 Å². The largest absolute Gasteiger partial charge is 0.490 e. The van der Waals surface area contributed by atoms with Crippen molar-refractivity contribution in [2.24, 2.45) is 0 Å². The van der Waals surface area contributed by atoms with E-state index in [2.05, 4.69) is 9.88 Å². The molecule has 0 aliphatic carbocycles. The molecular formula is C12H18N2O2. The molecule has 1 aromatic rings. The normalized spacial score (nSPS) is 16.6. The minimum atomic E-state index is 0.00156. The molecule has 0 bridgehead atoms. The number of aromatic nitrogens is 1. The average molecular weight is 222 g/mol. The molecule has 2 heterocycles. The molecule has 0 saturated carbocycles. The summed E-state index contributed by atoms with van der Waals surface area (Å²) in [6.45, 7) is 3.99. The van der Waals surface area contributed by atoms with E-state index in [4.69, 9.17) is 9.84 Å². The lowest BCUT2D eigenvalue weighted by molar-refractivity contribution is 0.226. The summed E-state index contributed by atoms with van der Waals surface area (Å²) < 4.78 is 5.63. The minimum absolute atomic E-state index is 0.00156. The Labute approximate surface area is 95.9 Å². The number of rotatable bonds is 5. The molecule has 1 aliphatic heterocycles. The van der Waals surface area contributed by atoms with Gasteiger partial charge < -0.3 is 9.84 Å². The molecular weight excluding hydrogens is 204 g/mol. The first kappa shape index (κ1) is 11.4. The Kier molecular flexibility index (Phi) is 4.13. The van der Waals surface area contributed by atoms with Gasteiger partial charge in [0, 0.05) is 18.3 Å². The summed E-state index contributed by atoms with van der Waals surface area (Å²) in [5.41, 5.74) is 0.802. The third-order valence-corrected chi connectivity index (χ3v) is 2.90. The van der Waals surface area contributed by atoms with E-state index in [1.807, 2.05) is 0 Å². The molecule has 1 N–H and O–H groups in total. The molecule has 0 spiro atoms. The van der Waals surface area contributed by atoms with Crippen LogP contribution >= 0.6 is 0 Å². The molecule has 1 fully saturated rings. The fourth-order valence-electron chi connectivity index (χ4n) is 1.96. The van der Waals surface area contributed by atoms with Crippen LogP contribution in [0.2, 0.25) is 0 Å². The van der Waals surface area contributed by atoms with Crippen molar-refractivity contribution >= 4 is 0 Å². The van der Waals surface area contributed by atoms with Gasteiger partial charge in [-0.15, -0.1) is 0 Å². The van der Waals surface area contributed by atoms with Gasteiger partial charge in [0.05, 0.1) is 12.8 Å². The van der Waals surface area contributed by atoms with Crippen molar-refractivity contribution in [1.29, 1.82) is 0 Å². The van der Waals surface area contributed by atoms with Gasteiger partial charge in [-0.25, -0.2) is 0 Å². The van der Waals surface area contributed by atoms with Gasteiger partial charge in [0.2, 0.25) is 0 Å². The molecule has 4 heteroatoms. The lowest BCUT2D eigenvalue weighted by Gasteiger charge is -2.15. The van der Waals surface area contributed by atoms with Crippen molar-refractivity contribution in [1.82, 2.24) is 9.88 Å². The maximum Gasteiger partial charge on any atom is 0.143 e. The molecule has 1 aromatic heterocycles. The number of aliphatic hydroxyl groups is 1. The lowest BCUT2D eigenvalue weighted by atomic mass is 10.2. The van der Waals surface area contributed by atoms with Gasteiger partial charge in [0.1, 0.15) is 12.4 Å². The summed E-state index contributed by atoms with van der Waals surface area (Å²) >= 11 is 0. The smallest absolute Gasteiger partial charge is 0.143 e. The number of aliphatic hydroxyl groups excluding tert-OH is 1. The van der Waals surface area contributed by atoms with Crippen molar-refractivity contribution < 1.29 is 9.84 Å². The standard InChI is InChI=1S/C12H18N2O2/c15-10-11-3-4-13-9-12(11)16-8-7-14-5-1-2-6-14/h3-4,9,15H,1-2,5-8,10H2. The van der Waals surface area contributed by atoms with Gasteiger partial charge in [0.25, 0.3) is 0 Å². The molecule has 0 radical (unpaired) electrons. The zero-order chi connectivity index (χ0) is 11.2. The van der Waals surface area contributed by atoms with E-state index in [1.54, 1.807) is 18.5 Å². The van der Waals surface area contributed by atoms with Gasteiger partial charge in [0.15, 0.2) is 0 Å². The van der Waals surface area contributed by atoms with E-state index >= 15 is 0 Å². The van der Waals surface area contributed by atoms with E-state index in [0.29, 0.717) is 12.4 Å². The Morgan fingerprint density at radius 1 is 1.38 bits per heavy atom. The number of hydrogen-bond acceptors (Lipinski definition) is 4. The third kappa shape index (κ3) is 2.93. The monoisotopic (exact) mass is 222 g/mol. The van der Waals surface area contributed by atoms with Crippen molar-refractivity contribution in [2.45, 2.75) is 19.4 Å². The Morgan fingerprint density at radius 2 is 2.19 bits per heavy atom. The minimum Gasteiger partial charge on any atom is -0.490 e. The van der Waals surface area contributed by atoms with Gasteiger partial charge >= 0.3 is 0 Å². The quantitative estimate of drug-likeness (QED) is 0.809. The van der Waals surface area contributed by atoms with E-state index in [0.717, 1.165) is 12.1 Å². The van der Waals surface area contributed by atoms with Crippen LogP contribution < -0.4 is 4.74 Å². The van der Waals surface area contributed by atoms with Crippen LogP contribution in [0.25, 0.3) is 0 Å². The molecule has 0 atom stereocenters. The first-order valence-electron chi connectivity index (χ1n) is 5.79. The van der Waals surface area contributed by atoms with E-state index in [9.17, 15) is 0 Å². The Balaban J connectivity index is 1.79. The lowest BCUT2D eigenvalue weighted by Crippen LogP contribution is -2.25. The summed E-state index contributed by atoms with van der Waals surface area (Å²) in [5.74, 6) is 0.698. The van der Waals surface area contributed by atoms with Crippen LogP contribution in [0.3, 0.4) is 0 Å². The Hall–Kier alpha value is -1.13. The second-order valence-electron chi connectivity index (χ2n) is 4.04. The van der Waals surface area contributed by atoms with Crippen molar-refractivity contribution in [3.8, 4) is 5.75 Å². The van der Waals surface area contributed by atoms with Crippen LogP contribution in [0.15, 0.2) is 18.5 Å². The van der Waals surface area contributed by atoms with Crippen LogP contribution in [0, 0.1) is 0 Å². The maximum atomic E-state index is 9.11. The van der Waals surface area contributed by atoms with Gasteiger partial charge in [-0.1, -0.05) is 0 Å². The van der Waals surface area contributed by atoms with E-state index < -0.39 is 0 Å². The number of nitrogens with zero attached hydrogens (tertiary/aromatic N) is 2. The van der Waals surface area contributed by atoms with Crippen LogP contribution in [0.1, 0.15) is 18.4 Å². The molecule has 4 nitrogen and oxygen atoms in total. The highest BCUT2D eigenvalue weighted by atomic mass is 16.5. The van der Waals surface area contributed by atoms with Crippen molar-refractivity contribution in [3.05, 3.63) is 24.0 Å². The fourth-order valence-corrected chi connectivity index (χ4v) is 1.96. The summed E-state index contributed by atoms with van der Waals surface area (Å²) in [5, 5.41) is 9.11. The number of likely N-dealkylation sites (tertiary alicyclic amines) is 1. The molecule has 1 saturated heterocycles. The zero-order valence-corrected chi connectivity index (χ0v) is 9.43. The molecule has 2 rings (SSSR count). The highest BCUT2D eigenvalue weighted by molar-refractivity contribution is 5.28. The van der Waals surface area contributed by atoms with Crippen LogP contribution in [-0.2, 0) is 6.61 Å². The average Bonchev–Trinajstić information content (AvgIpc) is 2.83. The van der Waals surface area contributed by atoms with Gasteiger partial charge in [-0.05, 0) is 32.0 Å². The summed E-state index contributed by atoms with van der Waals surface area (Å²) in [6, 6.07) is 1.78. The third-order valence-electron chi connectivity index (χ3n) is 2.90. The highest BCUT2D eigenvalue weighted by Crippen LogP contribution is 2.16. The van der Waals surface area contributed by atoms with Crippen LogP contribution in [0.4, 0.5) is 0 Å². The van der Waals surface area contributed by atoms with Crippen LogP contribution in [-0.4, -0.2) is 41.2 Å². The topological polar surface area (TPSA) is 45.6 Å². The van der Waals surface area contributed by atoms with Gasteiger partial charge in [-0.2, -0.15) is 0 Å². The first-order valence-corrected chi connectivity index (χ1v) is 5.79. The molecule has 1 aliphatic rings. The van der Waals surface area contributed by atoms with Crippen LogP contribution in [0.5, 0.6) is 5.75 Å². The maximum absolute atomic E-state index is 9.11. The predicted molar refractivity (Wildman–Crippen MR) is 61.3 cm³/mol. The number of ether oxygens (including phenoxy) is 1. The fraction of sp³-hybridized carbons (Fsp3) is 0.583. The molecule has 0 amide bonds. The summed E-state index contributed by atoms with van der Waals surface area (Å²) in [4.78, 5) is 6.39. The second kappa shape index (κ2) is 5.82. The van der Waals surface area contributed by atoms with Crippen molar-refractivity contribution in [2.75, 3.05) is 26.2 Å². The zero-order valence-electron chi connectivity index (χ0n) is 9.43. The summed E-state index contributed by atoms with van der Waals surface area (Å²) in [6.07, 6.45) is 5.93. The van der Waals surface area contributed by atoms with E-state index in [1.165, 1.54) is 25.9 Å². The van der Waals surface area contributed by atoms with Gasteiger partial charge in [-0.3, -0.25) is 9.88 Å². The molecule has 16 heavy (non-hydrogen) atoms. The Bertz CT molecular complexity index is 325.